The molecule has 0 fully saturated rings. The quantitative estimate of drug-likeness (QED) is 0.825. The first-order chi connectivity index (χ1) is 8.07. The molecule has 0 spiro atoms. The fourth-order valence-electron chi connectivity index (χ4n) is 1.98. The maximum Gasteiger partial charge on any atom is 0.0637 e. The number of methoxy groups -OCH3 is 1. The van der Waals surface area contributed by atoms with E-state index in [0.29, 0.717) is 6.04 Å². The number of anilines is 1. The van der Waals surface area contributed by atoms with Crippen LogP contribution in [0.3, 0.4) is 0 Å². The number of hydrogen-bond donors (Lipinski definition) is 1. The summed E-state index contributed by atoms with van der Waals surface area (Å²) in [7, 11) is 1.73. The van der Waals surface area contributed by atoms with Gasteiger partial charge in [-0.15, -0.1) is 0 Å². The molecule has 0 bridgehead atoms. The lowest BCUT2D eigenvalue weighted by Gasteiger charge is -2.31. The Morgan fingerprint density at radius 3 is 2.41 bits per heavy atom. The molecule has 0 radical (unpaired) electrons. The zero-order chi connectivity index (χ0) is 12.8. The summed E-state index contributed by atoms with van der Waals surface area (Å²) in [5, 5.41) is 0. The van der Waals surface area contributed by atoms with Gasteiger partial charge in [-0.05, 0) is 32.4 Å². The summed E-state index contributed by atoms with van der Waals surface area (Å²) >= 11 is 0. The number of benzene rings is 1. The van der Waals surface area contributed by atoms with Crippen molar-refractivity contribution in [2.24, 2.45) is 5.73 Å². The minimum Gasteiger partial charge on any atom is -0.383 e. The Hall–Kier alpha value is -1.06. The minimum absolute atomic E-state index is 0.0509. The largest absolute Gasteiger partial charge is 0.383 e. The van der Waals surface area contributed by atoms with Crippen molar-refractivity contribution >= 4 is 5.69 Å². The molecule has 0 heterocycles. The molecule has 0 aliphatic rings. The zero-order valence-corrected chi connectivity index (χ0v) is 11.3. The maximum absolute atomic E-state index is 6.02. The highest BCUT2D eigenvalue weighted by atomic mass is 16.5. The highest BCUT2D eigenvalue weighted by Gasteiger charge is 2.15. The van der Waals surface area contributed by atoms with Crippen LogP contribution >= 0.6 is 0 Å². The summed E-state index contributed by atoms with van der Waals surface area (Å²) in [5.41, 5.74) is 8.43. The molecule has 96 valence electrons. The third kappa shape index (κ3) is 3.72. The molecule has 0 aromatic heterocycles. The third-order valence-corrected chi connectivity index (χ3v) is 2.90. The van der Waals surface area contributed by atoms with E-state index in [9.17, 15) is 0 Å². The van der Waals surface area contributed by atoms with E-state index in [0.717, 1.165) is 13.2 Å². The van der Waals surface area contributed by atoms with E-state index in [2.05, 4.69) is 36.9 Å². The van der Waals surface area contributed by atoms with Gasteiger partial charge in [0.1, 0.15) is 0 Å². The fraction of sp³-hybridized carbons (Fsp3) is 0.571. The highest BCUT2D eigenvalue weighted by molar-refractivity contribution is 5.55. The third-order valence-electron chi connectivity index (χ3n) is 2.90. The Morgan fingerprint density at radius 2 is 1.88 bits per heavy atom. The van der Waals surface area contributed by atoms with Crippen molar-refractivity contribution in [1.82, 2.24) is 0 Å². The molecule has 1 aromatic rings. The Kier molecular flexibility index (Phi) is 5.45. The number of nitrogens with two attached hydrogens (primary N) is 1. The van der Waals surface area contributed by atoms with Gasteiger partial charge in [0, 0.05) is 31.4 Å². The average Bonchev–Trinajstić information content (AvgIpc) is 2.29. The van der Waals surface area contributed by atoms with Crippen molar-refractivity contribution in [2.75, 3.05) is 25.2 Å². The minimum atomic E-state index is 0.0509. The smallest absolute Gasteiger partial charge is 0.0637 e. The summed E-state index contributed by atoms with van der Waals surface area (Å²) in [5.74, 6) is 0. The summed E-state index contributed by atoms with van der Waals surface area (Å²) in [6, 6.07) is 8.82. The van der Waals surface area contributed by atoms with Crippen molar-refractivity contribution in [3.8, 4) is 0 Å². The van der Waals surface area contributed by atoms with Crippen LogP contribution < -0.4 is 10.6 Å². The maximum atomic E-state index is 6.02. The molecule has 3 nitrogen and oxygen atoms in total. The lowest BCUT2D eigenvalue weighted by Crippen LogP contribution is -2.35. The Morgan fingerprint density at radius 1 is 1.24 bits per heavy atom. The normalized spacial score (nSPS) is 12.8. The first-order valence-electron chi connectivity index (χ1n) is 6.18. The standard InChI is InChI=1S/C14H24N2O/c1-11(2)16(9-10-17-4)14-8-6-5-7-13(14)12(3)15/h5-8,11-12H,9-10,15H2,1-4H3. The van der Waals surface area contributed by atoms with Gasteiger partial charge in [-0.2, -0.15) is 0 Å². The molecule has 1 aromatic carbocycles. The van der Waals surface area contributed by atoms with Crippen LogP contribution in [0.5, 0.6) is 0 Å². The second-order valence-corrected chi connectivity index (χ2v) is 4.63. The first-order valence-corrected chi connectivity index (χ1v) is 6.18. The number of hydrogen-bond acceptors (Lipinski definition) is 3. The van der Waals surface area contributed by atoms with E-state index in [4.69, 9.17) is 10.5 Å². The van der Waals surface area contributed by atoms with Crippen molar-refractivity contribution in [3.63, 3.8) is 0 Å². The number of rotatable bonds is 6. The molecule has 0 amide bonds. The molecule has 0 saturated carbocycles. The van der Waals surface area contributed by atoms with Crippen LogP contribution in [0.2, 0.25) is 0 Å². The van der Waals surface area contributed by atoms with Gasteiger partial charge in [0.15, 0.2) is 0 Å². The summed E-state index contributed by atoms with van der Waals surface area (Å²) in [6.45, 7) is 8.01. The van der Waals surface area contributed by atoms with Gasteiger partial charge >= 0.3 is 0 Å². The summed E-state index contributed by atoms with van der Waals surface area (Å²) in [4.78, 5) is 2.34. The van der Waals surface area contributed by atoms with Gasteiger partial charge in [-0.3, -0.25) is 0 Å². The van der Waals surface area contributed by atoms with Crippen LogP contribution in [-0.4, -0.2) is 26.3 Å². The van der Waals surface area contributed by atoms with Gasteiger partial charge in [0.25, 0.3) is 0 Å². The second kappa shape index (κ2) is 6.62. The van der Waals surface area contributed by atoms with Crippen LogP contribution in [0.4, 0.5) is 5.69 Å². The Bertz CT molecular complexity index is 337. The van der Waals surface area contributed by atoms with Gasteiger partial charge in [-0.25, -0.2) is 0 Å². The van der Waals surface area contributed by atoms with Crippen molar-refractivity contribution < 1.29 is 4.74 Å². The van der Waals surface area contributed by atoms with E-state index in [1.54, 1.807) is 7.11 Å². The molecule has 1 atom stereocenters. The number of nitrogens with zero attached hydrogens (tertiary/aromatic N) is 1. The fourth-order valence-corrected chi connectivity index (χ4v) is 1.98. The second-order valence-electron chi connectivity index (χ2n) is 4.63. The topological polar surface area (TPSA) is 38.5 Å². The average molecular weight is 236 g/mol. The lowest BCUT2D eigenvalue weighted by atomic mass is 10.0. The Labute approximate surface area is 105 Å². The van der Waals surface area contributed by atoms with Crippen LogP contribution in [0.1, 0.15) is 32.4 Å². The molecular weight excluding hydrogens is 212 g/mol. The first kappa shape index (κ1) is 14.0. The number of ether oxygens (including phenoxy) is 1. The van der Waals surface area contributed by atoms with Gasteiger partial charge in [0.05, 0.1) is 6.61 Å². The van der Waals surface area contributed by atoms with Crippen LogP contribution in [0.25, 0.3) is 0 Å². The molecule has 17 heavy (non-hydrogen) atoms. The predicted molar refractivity (Wildman–Crippen MR) is 73.4 cm³/mol. The van der Waals surface area contributed by atoms with Crippen molar-refractivity contribution in [3.05, 3.63) is 29.8 Å². The van der Waals surface area contributed by atoms with E-state index < -0.39 is 0 Å². The Balaban J connectivity index is 3.00. The van der Waals surface area contributed by atoms with E-state index >= 15 is 0 Å². The predicted octanol–water partition coefficient (Wildman–Crippen LogP) is 2.57. The number of para-hydroxylation sites is 1. The van der Waals surface area contributed by atoms with E-state index in [1.807, 2.05) is 13.0 Å². The molecular formula is C14H24N2O. The monoisotopic (exact) mass is 236 g/mol. The van der Waals surface area contributed by atoms with Crippen LogP contribution in [-0.2, 0) is 4.74 Å². The molecule has 0 aliphatic carbocycles. The van der Waals surface area contributed by atoms with E-state index in [1.165, 1.54) is 11.3 Å². The molecule has 0 saturated heterocycles. The van der Waals surface area contributed by atoms with Crippen LogP contribution in [0.15, 0.2) is 24.3 Å². The highest BCUT2D eigenvalue weighted by Crippen LogP contribution is 2.26. The summed E-state index contributed by atoms with van der Waals surface area (Å²) < 4.78 is 5.17. The zero-order valence-electron chi connectivity index (χ0n) is 11.3. The molecule has 3 heteroatoms. The summed E-state index contributed by atoms with van der Waals surface area (Å²) in [6.07, 6.45) is 0. The van der Waals surface area contributed by atoms with Crippen molar-refractivity contribution in [1.29, 1.82) is 0 Å². The van der Waals surface area contributed by atoms with E-state index in [-0.39, 0.29) is 6.04 Å². The van der Waals surface area contributed by atoms with Gasteiger partial charge in [-0.1, -0.05) is 18.2 Å². The lowest BCUT2D eigenvalue weighted by molar-refractivity contribution is 0.203. The van der Waals surface area contributed by atoms with Crippen LogP contribution in [0, 0.1) is 0 Å². The molecule has 1 unspecified atom stereocenters. The molecule has 1 rings (SSSR count). The SMILES string of the molecule is COCCN(c1ccccc1C(C)N)C(C)C. The molecule has 2 N–H and O–H groups in total. The van der Waals surface area contributed by atoms with Gasteiger partial charge in [0.2, 0.25) is 0 Å². The van der Waals surface area contributed by atoms with Gasteiger partial charge < -0.3 is 15.4 Å². The molecule has 0 aliphatic heterocycles. The van der Waals surface area contributed by atoms with Crippen molar-refractivity contribution in [2.45, 2.75) is 32.9 Å².